The van der Waals surface area contributed by atoms with Gasteiger partial charge in [-0.05, 0) is 12.8 Å². The number of nitrogen functional groups attached to an aromatic ring is 1. The zero-order chi connectivity index (χ0) is 14.3. The molecule has 1 aliphatic rings. The van der Waals surface area contributed by atoms with Crippen molar-refractivity contribution in [3.63, 3.8) is 0 Å². The predicted molar refractivity (Wildman–Crippen MR) is 69.7 cm³/mol. The second-order valence-corrected chi connectivity index (χ2v) is 4.68. The van der Waals surface area contributed by atoms with Gasteiger partial charge in [-0.15, -0.1) is 0 Å². The fourth-order valence-corrected chi connectivity index (χ4v) is 2.50. The summed E-state index contributed by atoms with van der Waals surface area (Å²) in [6, 6.07) is 1.97. The number of aromatic nitrogens is 3. The number of nitrogens with zero attached hydrogens (tertiary/aromatic N) is 3. The maximum Gasteiger partial charge on any atom is 0.263 e. The van der Waals surface area contributed by atoms with Gasteiger partial charge >= 0.3 is 0 Å². The van der Waals surface area contributed by atoms with Gasteiger partial charge in [0.1, 0.15) is 17.7 Å². The van der Waals surface area contributed by atoms with Crippen LogP contribution in [0.5, 0.6) is 0 Å². The molecule has 2 unspecified atom stereocenters. The monoisotopic (exact) mass is 275 g/mol. The van der Waals surface area contributed by atoms with E-state index in [-0.39, 0.29) is 35.8 Å². The van der Waals surface area contributed by atoms with Crippen LogP contribution in [0.15, 0.2) is 11.0 Å². The van der Waals surface area contributed by atoms with E-state index in [9.17, 15) is 4.79 Å². The summed E-state index contributed by atoms with van der Waals surface area (Å²) in [6.07, 6.45) is 2.33. The van der Waals surface area contributed by atoms with Crippen LogP contribution in [0.25, 0.3) is 11.0 Å². The number of anilines is 1. The number of hydrogen-bond donors (Lipinski definition) is 3. The Morgan fingerprint density at radius 2 is 2.45 bits per heavy atom. The van der Waals surface area contributed by atoms with Gasteiger partial charge in [-0.1, -0.05) is 0 Å². The minimum Gasteiger partial charge on any atom is -0.394 e. The van der Waals surface area contributed by atoms with Crippen LogP contribution in [0.2, 0.25) is 0 Å². The van der Waals surface area contributed by atoms with Crippen molar-refractivity contribution in [2.45, 2.75) is 25.2 Å². The van der Waals surface area contributed by atoms with Crippen molar-refractivity contribution >= 4 is 17.0 Å². The van der Waals surface area contributed by atoms with E-state index in [1.807, 2.05) is 6.07 Å². The molecule has 0 saturated carbocycles. The summed E-state index contributed by atoms with van der Waals surface area (Å²) in [4.78, 5) is 18.4. The van der Waals surface area contributed by atoms with E-state index in [0.717, 1.165) is 0 Å². The number of ether oxygens (including phenoxy) is 1. The largest absolute Gasteiger partial charge is 0.394 e. The predicted octanol–water partition coefficient (Wildman–Crippen LogP) is -0.152. The molecule has 1 fully saturated rings. The lowest BCUT2D eigenvalue weighted by atomic mass is 10.2. The van der Waals surface area contributed by atoms with E-state index in [4.69, 9.17) is 20.8 Å². The number of hydrogen-bond acceptors (Lipinski definition) is 6. The second kappa shape index (κ2) is 4.63. The molecule has 2 atom stereocenters. The molecule has 2 aromatic heterocycles. The highest BCUT2D eigenvalue weighted by Gasteiger charge is 2.28. The molecular formula is C12H13N5O3. The highest BCUT2D eigenvalue weighted by atomic mass is 16.5. The molecule has 0 amide bonds. The first-order valence-electron chi connectivity index (χ1n) is 6.20. The summed E-state index contributed by atoms with van der Waals surface area (Å²) in [6.45, 7) is -0.0586. The Morgan fingerprint density at radius 1 is 1.65 bits per heavy atom. The molecule has 1 saturated heterocycles. The molecular weight excluding hydrogens is 262 g/mol. The van der Waals surface area contributed by atoms with Crippen LogP contribution in [0, 0.1) is 11.3 Å². The van der Waals surface area contributed by atoms with Gasteiger partial charge in [0.25, 0.3) is 5.56 Å². The van der Waals surface area contributed by atoms with E-state index in [0.29, 0.717) is 18.5 Å². The summed E-state index contributed by atoms with van der Waals surface area (Å²) in [5, 5.41) is 18.4. The standard InChI is InChI=1S/C12H13N5O3/c13-3-6-4-17(8-2-1-7(5-18)20-8)10-9(6)11(19)16-12(14)15-10/h4,7-8,18H,1-2,5H2,(H3,14,15,16,19). The third kappa shape index (κ3) is 1.84. The molecule has 8 nitrogen and oxygen atoms in total. The van der Waals surface area contributed by atoms with E-state index < -0.39 is 5.56 Å². The lowest BCUT2D eigenvalue weighted by molar-refractivity contribution is -0.0204. The molecule has 1 aliphatic heterocycles. The number of aromatic amines is 1. The van der Waals surface area contributed by atoms with Crippen LogP contribution in [0.4, 0.5) is 5.95 Å². The molecule has 104 valence electrons. The number of aliphatic hydroxyl groups is 1. The van der Waals surface area contributed by atoms with E-state index in [1.54, 1.807) is 4.57 Å². The number of aliphatic hydroxyl groups excluding tert-OH is 1. The first-order valence-corrected chi connectivity index (χ1v) is 6.20. The Morgan fingerprint density at radius 3 is 3.10 bits per heavy atom. The van der Waals surface area contributed by atoms with Gasteiger partial charge in [-0.25, -0.2) is 0 Å². The maximum atomic E-state index is 11.9. The minimum absolute atomic E-state index is 0.0111. The summed E-state index contributed by atoms with van der Waals surface area (Å²) >= 11 is 0. The molecule has 3 rings (SSSR count). The summed E-state index contributed by atoms with van der Waals surface area (Å²) in [7, 11) is 0. The molecule has 3 heterocycles. The SMILES string of the molecule is N#Cc1cn(C2CCC(CO)O2)c2nc(N)[nH]c(=O)c12. The Balaban J connectivity index is 2.17. The average Bonchev–Trinajstić information content (AvgIpc) is 3.01. The van der Waals surface area contributed by atoms with Crippen molar-refractivity contribution in [2.24, 2.45) is 0 Å². The molecule has 0 aliphatic carbocycles. The summed E-state index contributed by atoms with van der Waals surface area (Å²) in [5.41, 5.74) is 5.66. The van der Waals surface area contributed by atoms with Crippen LogP contribution in [0.3, 0.4) is 0 Å². The first-order chi connectivity index (χ1) is 9.63. The zero-order valence-corrected chi connectivity index (χ0v) is 10.5. The Kier molecular flexibility index (Phi) is 2.93. The van der Waals surface area contributed by atoms with Crippen molar-refractivity contribution in [3.05, 3.63) is 22.1 Å². The number of H-pyrrole nitrogens is 1. The van der Waals surface area contributed by atoms with E-state index in [1.165, 1.54) is 6.20 Å². The normalized spacial score (nSPS) is 22.2. The molecule has 8 heteroatoms. The Labute approximate surface area is 113 Å². The van der Waals surface area contributed by atoms with Gasteiger partial charge in [0, 0.05) is 6.20 Å². The Hall–Kier alpha value is -2.37. The number of nitriles is 1. The number of nitrogens with one attached hydrogen (secondary N) is 1. The molecule has 2 aromatic rings. The molecule has 0 bridgehead atoms. The topological polar surface area (TPSA) is 130 Å². The van der Waals surface area contributed by atoms with Crippen molar-refractivity contribution in [2.75, 3.05) is 12.3 Å². The Bertz CT molecular complexity index is 757. The lowest BCUT2D eigenvalue weighted by Crippen LogP contribution is -2.16. The highest BCUT2D eigenvalue weighted by molar-refractivity contribution is 5.83. The van der Waals surface area contributed by atoms with Gasteiger partial charge in [-0.3, -0.25) is 9.78 Å². The molecule has 20 heavy (non-hydrogen) atoms. The number of fused-ring (bicyclic) bond motifs is 1. The van der Waals surface area contributed by atoms with Gasteiger partial charge in [0.2, 0.25) is 5.95 Å². The maximum absolute atomic E-state index is 11.9. The lowest BCUT2D eigenvalue weighted by Gasteiger charge is -2.14. The number of nitrogens with two attached hydrogens (primary N) is 1. The summed E-state index contributed by atoms with van der Waals surface area (Å²) in [5.74, 6) is -0.0111. The van der Waals surface area contributed by atoms with Gasteiger partial charge in [0.15, 0.2) is 5.65 Å². The van der Waals surface area contributed by atoms with Gasteiger partial charge in [-0.2, -0.15) is 10.2 Å². The van der Waals surface area contributed by atoms with Crippen LogP contribution in [-0.2, 0) is 4.74 Å². The molecule has 4 N–H and O–H groups in total. The van der Waals surface area contributed by atoms with Crippen LogP contribution < -0.4 is 11.3 Å². The van der Waals surface area contributed by atoms with Crippen molar-refractivity contribution in [3.8, 4) is 6.07 Å². The van der Waals surface area contributed by atoms with Crippen molar-refractivity contribution in [1.82, 2.24) is 14.5 Å². The zero-order valence-electron chi connectivity index (χ0n) is 10.5. The van der Waals surface area contributed by atoms with E-state index >= 15 is 0 Å². The van der Waals surface area contributed by atoms with Crippen molar-refractivity contribution in [1.29, 1.82) is 5.26 Å². The van der Waals surface area contributed by atoms with Crippen LogP contribution in [0.1, 0.15) is 24.6 Å². The molecule has 0 spiro atoms. The van der Waals surface area contributed by atoms with Crippen LogP contribution in [-0.4, -0.2) is 32.4 Å². The smallest absolute Gasteiger partial charge is 0.263 e. The highest BCUT2D eigenvalue weighted by Crippen LogP contribution is 2.31. The average molecular weight is 275 g/mol. The fraction of sp³-hybridized carbons (Fsp3) is 0.417. The molecule has 0 radical (unpaired) electrons. The van der Waals surface area contributed by atoms with Gasteiger partial charge in [0.05, 0.1) is 18.3 Å². The second-order valence-electron chi connectivity index (χ2n) is 4.68. The summed E-state index contributed by atoms with van der Waals surface area (Å²) < 4.78 is 7.29. The quantitative estimate of drug-likeness (QED) is 0.698. The van der Waals surface area contributed by atoms with Gasteiger partial charge < -0.3 is 20.1 Å². The van der Waals surface area contributed by atoms with Crippen LogP contribution >= 0.6 is 0 Å². The first kappa shape index (κ1) is 12.7. The van der Waals surface area contributed by atoms with E-state index in [2.05, 4.69) is 9.97 Å². The molecule has 0 aromatic carbocycles. The fourth-order valence-electron chi connectivity index (χ4n) is 2.50. The van der Waals surface area contributed by atoms with Crippen molar-refractivity contribution < 1.29 is 9.84 Å². The third-order valence-electron chi connectivity index (χ3n) is 3.42. The minimum atomic E-state index is -0.445. The third-order valence-corrected chi connectivity index (χ3v) is 3.42. The number of rotatable bonds is 2.